The second-order valence-corrected chi connectivity index (χ2v) is 5.96. The van der Waals surface area contributed by atoms with Crippen molar-refractivity contribution in [2.75, 3.05) is 0 Å². The number of nitrogens with zero attached hydrogens (tertiary/aromatic N) is 2. The number of amides is 1. The Morgan fingerprint density at radius 1 is 1.17 bits per heavy atom. The normalized spacial score (nSPS) is 16.9. The summed E-state index contributed by atoms with van der Waals surface area (Å²) < 4.78 is 5.73. The van der Waals surface area contributed by atoms with E-state index in [1.807, 2.05) is 54.6 Å². The lowest BCUT2D eigenvalue weighted by atomic mass is 10.2. The van der Waals surface area contributed by atoms with Crippen molar-refractivity contribution >= 4 is 28.9 Å². The Bertz CT molecular complexity index is 837. The standard InChI is InChI=1S/C18H13N3O2S/c19-12-20-18-21-17(22)16(24-18)10-13-6-8-15(9-7-13)23-11-14-4-2-1-3-5-14/h1-10H,11H2,(H,20,21,22). The van der Waals surface area contributed by atoms with Crippen molar-refractivity contribution in [2.24, 2.45) is 4.99 Å². The van der Waals surface area contributed by atoms with E-state index < -0.39 is 0 Å². The Balaban J connectivity index is 1.65. The average Bonchev–Trinajstić information content (AvgIpc) is 2.95. The van der Waals surface area contributed by atoms with Crippen LogP contribution < -0.4 is 10.1 Å². The first kappa shape index (κ1) is 15.8. The first-order valence-corrected chi connectivity index (χ1v) is 8.01. The van der Waals surface area contributed by atoms with E-state index in [0.29, 0.717) is 16.7 Å². The van der Waals surface area contributed by atoms with E-state index in [-0.39, 0.29) is 5.91 Å². The van der Waals surface area contributed by atoms with Crippen LogP contribution in [-0.2, 0) is 11.4 Å². The fourth-order valence-electron chi connectivity index (χ4n) is 2.08. The Morgan fingerprint density at radius 3 is 2.62 bits per heavy atom. The molecule has 1 amide bonds. The molecule has 0 bridgehead atoms. The van der Waals surface area contributed by atoms with Gasteiger partial charge in [0.15, 0.2) is 5.17 Å². The van der Waals surface area contributed by atoms with Gasteiger partial charge in [0.05, 0.1) is 4.91 Å². The molecular weight excluding hydrogens is 322 g/mol. The molecular formula is C18H13N3O2S. The summed E-state index contributed by atoms with van der Waals surface area (Å²) in [6.07, 6.45) is 3.41. The molecule has 1 heterocycles. The molecule has 0 aliphatic carbocycles. The molecule has 0 unspecified atom stereocenters. The number of aliphatic imine (C=N–C) groups is 1. The third-order valence-corrected chi connectivity index (χ3v) is 4.14. The second kappa shape index (κ2) is 7.49. The molecule has 1 N–H and O–H groups in total. The summed E-state index contributed by atoms with van der Waals surface area (Å²) in [6.45, 7) is 0.507. The minimum atomic E-state index is -0.251. The number of hydrogen-bond acceptors (Lipinski definition) is 5. The lowest BCUT2D eigenvalue weighted by Gasteiger charge is -2.06. The molecule has 0 saturated carbocycles. The van der Waals surface area contributed by atoms with E-state index >= 15 is 0 Å². The zero-order valence-corrected chi connectivity index (χ0v) is 13.4. The van der Waals surface area contributed by atoms with Crippen molar-refractivity contribution in [3.8, 4) is 11.9 Å². The van der Waals surface area contributed by atoms with Gasteiger partial charge in [0, 0.05) is 0 Å². The van der Waals surface area contributed by atoms with Crippen LogP contribution in [0.2, 0.25) is 0 Å². The molecule has 1 fully saturated rings. The number of benzene rings is 2. The molecule has 3 rings (SSSR count). The van der Waals surface area contributed by atoms with Gasteiger partial charge in [-0.05, 0) is 41.1 Å². The minimum absolute atomic E-state index is 0.251. The lowest BCUT2D eigenvalue weighted by molar-refractivity contribution is -0.115. The largest absolute Gasteiger partial charge is 0.489 e. The molecule has 1 aliphatic heterocycles. The van der Waals surface area contributed by atoms with Gasteiger partial charge in [-0.2, -0.15) is 5.26 Å². The number of amidine groups is 1. The Morgan fingerprint density at radius 2 is 1.92 bits per heavy atom. The highest BCUT2D eigenvalue weighted by molar-refractivity contribution is 8.18. The number of thioether (sulfide) groups is 1. The summed E-state index contributed by atoms with van der Waals surface area (Å²) in [5, 5.41) is 11.4. The number of nitrogens with one attached hydrogen (secondary N) is 1. The van der Waals surface area contributed by atoms with Crippen LogP contribution in [-0.4, -0.2) is 11.1 Å². The minimum Gasteiger partial charge on any atom is -0.489 e. The molecule has 1 saturated heterocycles. The molecule has 1 aliphatic rings. The van der Waals surface area contributed by atoms with Crippen molar-refractivity contribution in [3.63, 3.8) is 0 Å². The van der Waals surface area contributed by atoms with E-state index in [1.54, 1.807) is 12.3 Å². The molecule has 2 aromatic carbocycles. The summed E-state index contributed by atoms with van der Waals surface area (Å²) in [7, 11) is 0. The van der Waals surface area contributed by atoms with E-state index in [9.17, 15) is 4.79 Å². The van der Waals surface area contributed by atoms with E-state index in [0.717, 1.165) is 28.6 Å². The van der Waals surface area contributed by atoms with Gasteiger partial charge >= 0.3 is 0 Å². The smallest absolute Gasteiger partial charge is 0.264 e. The predicted molar refractivity (Wildman–Crippen MR) is 94.0 cm³/mol. The number of ether oxygens (including phenoxy) is 1. The summed E-state index contributed by atoms with van der Waals surface area (Å²) in [4.78, 5) is 15.8. The SMILES string of the molecule is N#CN=C1NC(=O)C(=Cc2ccc(OCc3ccccc3)cc2)S1. The number of carbonyl (C=O) groups excluding carboxylic acids is 1. The third-order valence-electron chi connectivity index (χ3n) is 3.23. The average molecular weight is 335 g/mol. The topological polar surface area (TPSA) is 74.5 Å². The van der Waals surface area contributed by atoms with Crippen LogP contribution in [0.4, 0.5) is 0 Å². The fourth-order valence-corrected chi connectivity index (χ4v) is 2.86. The van der Waals surface area contributed by atoms with Crippen molar-refractivity contribution in [1.82, 2.24) is 5.32 Å². The van der Waals surface area contributed by atoms with E-state index in [2.05, 4.69) is 10.3 Å². The lowest BCUT2D eigenvalue weighted by Crippen LogP contribution is -2.19. The van der Waals surface area contributed by atoms with Gasteiger partial charge in [-0.3, -0.25) is 10.1 Å². The molecule has 2 aromatic rings. The molecule has 0 spiro atoms. The Kier molecular flexibility index (Phi) is 4.94. The van der Waals surface area contributed by atoms with Crippen molar-refractivity contribution in [3.05, 3.63) is 70.6 Å². The molecule has 0 aromatic heterocycles. The first-order chi connectivity index (χ1) is 11.7. The number of rotatable bonds is 4. The highest BCUT2D eigenvalue weighted by atomic mass is 32.2. The molecule has 24 heavy (non-hydrogen) atoms. The van der Waals surface area contributed by atoms with Crippen LogP contribution in [0.3, 0.4) is 0 Å². The summed E-state index contributed by atoms with van der Waals surface area (Å²) in [5.74, 6) is 0.509. The van der Waals surface area contributed by atoms with Gasteiger partial charge in [0.1, 0.15) is 12.4 Å². The van der Waals surface area contributed by atoms with Crippen LogP contribution >= 0.6 is 11.8 Å². The number of carbonyl (C=O) groups is 1. The monoisotopic (exact) mass is 335 g/mol. The molecule has 0 atom stereocenters. The zero-order chi connectivity index (χ0) is 16.8. The number of hydrogen-bond donors (Lipinski definition) is 1. The molecule has 0 radical (unpaired) electrons. The first-order valence-electron chi connectivity index (χ1n) is 7.19. The van der Waals surface area contributed by atoms with Gasteiger partial charge in [-0.1, -0.05) is 42.5 Å². The molecule has 6 heteroatoms. The highest BCUT2D eigenvalue weighted by Crippen LogP contribution is 2.26. The Hall–Kier alpha value is -3.04. The van der Waals surface area contributed by atoms with Gasteiger partial charge in [0.2, 0.25) is 6.19 Å². The second-order valence-electron chi connectivity index (χ2n) is 4.93. The Labute approximate surface area is 143 Å². The van der Waals surface area contributed by atoms with Gasteiger partial charge < -0.3 is 4.74 Å². The van der Waals surface area contributed by atoms with Crippen molar-refractivity contribution in [1.29, 1.82) is 5.26 Å². The van der Waals surface area contributed by atoms with Crippen LogP contribution in [0.25, 0.3) is 6.08 Å². The molecule has 5 nitrogen and oxygen atoms in total. The maximum Gasteiger partial charge on any atom is 0.264 e. The van der Waals surface area contributed by atoms with Crippen LogP contribution in [0.1, 0.15) is 11.1 Å². The van der Waals surface area contributed by atoms with Gasteiger partial charge in [-0.25, -0.2) is 0 Å². The summed E-state index contributed by atoms with van der Waals surface area (Å²) >= 11 is 1.15. The maximum absolute atomic E-state index is 11.8. The van der Waals surface area contributed by atoms with Crippen LogP contribution in [0.15, 0.2) is 64.5 Å². The van der Waals surface area contributed by atoms with Gasteiger partial charge in [-0.15, -0.1) is 4.99 Å². The molecule has 118 valence electrons. The summed E-state index contributed by atoms with van der Waals surface area (Å²) in [5.41, 5.74) is 1.98. The van der Waals surface area contributed by atoms with Crippen LogP contribution in [0.5, 0.6) is 5.75 Å². The van der Waals surface area contributed by atoms with Crippen molar-refractivity contribution in [2.45, 2.75) is 6.61 Å². The third kappa shape index (κ3) is 4.03. The van der Waals surface area contributed by atoms with E-state index in [4.69, 9.17) is 10.00 Å². The van der Waals surface area contributed by atoms with Gasteiger partial charge in [0.25, 0.3) is 5.91 Å². The van der Waals surface area contributed by atoms with E-state index in [1.165, 1.54) is 0 Å². The van der Waals surface area contributed by atoms with Crippen molar-refractivity contribution < 1.29 is 9.53 Å². The fraction of sp³-hybridized carbons (Fsp3) is 0.0556. The number of nitriles is 1. The highest BCUT2D eigenvalue weighted by Gasteiger charge is 2.23. The summed E-state index contributed by atoms with van der Waals surface area (Å²) in [6, 6.07) is 17.4. The zero-order valence-electron chi connectivity index (χ0n) is 12.6. The van der Waals surface area contributed by atoms with Crippen LogP contribution in [0, 0.1) is 11.5 Å². The maximum atomic E-state index is 11.8. The predicted octanol–water partition coefficient (Wildman–Crippen LogP) is 3.31. The quantitative estimate of drug-likeness (QED) is 0.687.